The van der Waals surface area contributed by atoms with Gasteiger partial charge in [0.05, 0.1) is 10.5 Å². The van der Waals surface area contributed by atoms with Gasteiger partial charge in [-0.15, -0.1) is 0 Å². The Morgan fingerprint density at radius 3 is 2.43 bits per heavy atom. The highest BCUT2D eigenvalue weighted by Gasteiger charge is 2.45. The highest BCUT2D eigenvalue weighted by atomic mass is 32.2. The Balaban J connectivity index is 1.36. The van der Waals surface area contributed by atoms with Crippen LogP contribution in [0.5, 0.6) is 0 Å². The smallest absolute Gasteiger partial charge is 0.243 e. The van der Waals surface area contributed by atoms with E-state index in [-0.39, 0.29) is 17.7 Å². The number of hydrogen-bond acceptors (Lipinski definition) is 4. The van der Waals surface area contributed by atoms with Gasteiger partial charge in [-0.3, -0.25) is 4.79 Å². The van der Waals surface area contributed by atoms with Gasteiger partial charge in [0.15, 0.2) is 0 Å². The van der Waals surface area contributed by atoms with E-state index in [1.807, 2.05) is 4.90 Å². The molecule has 1 saturated carbocycles. The summed E-state index contributed by atoms with van der Waals surface area (Å²) < 4.78 is 27.0. The zero-order valence-corrected chi connectivity index (χ0v) is 17.1. The third kappa shape index (κ3) is 3.72. The zero-order chi connectivity index (χ0) is 19.8. The molecule has 1 N–H and O–H groups in total. The molecule has 28 heavy (non-hydrogen) atoms. The lowest BCUT2D eigenvalue weighted by molar-refractivity contribution is -0.148. The first kappa shape index (κ1) is 19.9. The first-order valence-corrected chi connectivity index (χ1v) is 11.9. The van der Waals surface area contributed by atoms with Crippen molar-refractivity contribution in [3.05, 3.63) is 30.3 Å². The van der Waals surface area contributed by atoms with E-state index in [0.29, 0.717) is 50.3 Å². The van der Waals surface area contributed by atoms with E-state index in [1.54, 1.807) is 30.3 Å². The molecule has 3 aliphatic rings. The van der Waals surface area contributed by atoms with Crippen molar-refractivity contribution in [3.63, 3.8) is 0 Å². The van der Waals surface area contributed by atoms with E-state index < -0.39 is 15.6 Å². The first-order valence-electron chi connectivity index (χ1n) is 10.5. The van der Waals surface area contributed by atoms with Gasteiger partial charge in [-0.05, 0) is 44.2 Å². The molecule has 1 amide bonds. The molecule has 0 radical (unpaired) electrons. The number of sulfonamides is 1. The van der Waals surface area contributed by atoms with Crippen molar-refractivity contribution < 1.29 is 18.3 Å². The van der Waals surface area contributed by atoms with Crippen molar-refractivity contribution in [2.45, 2.75) is 55.4 Å². The molecule has 1 aliphatic carbocycles. The van der Waals surface area contributed by atoms with Gasteiger partial charge in [0.25, 0.3) is 0 Å². The maximum Gasteiger partial charge on any atom is 0.243 e. The second-order valence-corrected chi connectivity index (χ2v) is 10.5. The van der Waals surface area contributed by atoms with Gasteiger partial charge in [-0.1, -0.05) is 31.0 Å². The summed E-state index contributed by atoms with van der Waals surface area (Å²) >= 11 is 0. The zero-order valence-electron chi connectivity index (χ0n) is 16.3. The molecule has 0 spiro atoms. The lowest BCUT2D eigenvalue weighted by Gasteiger charge is -2.48. The van der Waals surface area contributed by atoms with Gasteiger partial charge in [0, 0.05) is 38.0 Å². The van der Waals surface area contributed by atoms with Crippen LogP contribution in [0.2, 0.25) is 0 Å². The van der Waals surface area contributed by atoms with Crippen LogP contribution in [0.4, 0.5) is 0 Å². The highest BCUT2D eigenvalue weighted by Crippen LogP contribution is 2.40. The number of fused-ring (bicyclic) bond motifs is 1. The Hall–Kier alpha value is -1.44. The maximum atomic E-state index is 13.0. The fourth-order valence-electron chi connectivity index (χ4n) is 5.11. The summed E-state index contributed by atoms with van der Waals surface area (Å²) in [6, 6.07) is 8.49. The van der Waals surface area contributed by atoms with E-state index in [9.17, 15) is 18.3 Å². The molecule has 2 heterocycles. The topological polar surface area (TPSA) is 77.9 Å². The molecule has 6 nitrogen and oxygen atoms in total. The standard InChI is InChI=1S/C21H30N2O4S/c24-20(22-15-12-21(25)11-5-4-6-18(21)16-22)17-9-13-23(14-10-17)28(26,27)19-7-2-1-3-8-19/h1-3,7-8,17-18,25H,4-6,9-16H2/t18-,21-/m0/s1. The summed E-state index contributed by atoms with van der Waals surface area (Å²) in [5.41, 5.74) is -0.581. The number of amides is 1. The summed E-state index contributed by atoms with van der Waals surface area (Å²) in [7, 11) is -3.48. The SMILES string of the molecule is O=C(C1CCN(S(=O)(=O)c2ccccc2)CC1)N1CC[C@@]2(O)CCCC[C@H]2C1. The molecule has 2 saturated heterocycles. The molecule has 2 aliphatic heterocycles. The molecule has 1 aromatic rings. The second kappa shape index (κ2) is 7.76. The minimum absolute atomic E-state index is 0.114. The second-order valence-electron chi connectivity index (χ2n) is 8.57. The first-order chi connectivity index (χ1) is 13.4. The number of carbonyl (C=O) groups is 1. The molecule has 2 atom stereocenters. The van der Waals surface area contributed by atoms with E-state index in [0.717, 1.165) is 25.7 Å². The number of rotatable bonds is 3. The fraction of sp³-hybridized carbons (Fsp3) is 0.667. The van der Waals surface area contributed by atoms with Crippen LogP contribution in [-0.2, 0) is 14.8 Å². The van der Waals surface area contributed by atoms with Gasteiger partial charge in [0.1, 0.15) is 0 Å². The van der Waals surface area contributed by atoms with E-state index in [1.165, 1.54) is 4.31 Å². The van der Waals surface area contributed by atoms with Crippen molar-refractivity contribution in [1.29, 1.82) is 0 Å². The van der Waals surface area contributed by atoms with Crippen molar-refractivity contribution in [2.75, 3.05) is 26.2 Å². The fourth-order valence-corrected chi connectivity index (χ4v) is 6.60. The summed E-state index contributed by atoms with van der Waals surface area (Å²) in [5.74, 6) is 0.221. The average Bonchev–Trinajstić information content (AvgIpc) is 2.73. The molecule has 0 unspecified atom stereocenters. The molecule has 1 aromatic carbocycles. The van der Waals surface area contributed by atoms with Crippen LogP contribution in [0.25, 0.3) is 0 Å². The Kier molecular flexibility index (Phi) is 5.51. The molecular weight excluding hydrogens is 376 g/mol. The number of likely N-dealkylation sites (tertiary alicyclic amines) is 1. The monoisotopic (exact) mass is 406 g/mol. The van der Waals surface area contributed by atoms with Gasteiger partial charge in [0.2, 0.25) is 15.9 Å². The maximum absolute atomic E-state index is 13.0. The van der Waals surface area contributed by atoms with Crippen molar-refractivity contribution in [1.82, 2.24) is 9.21 Å². The Labute approximate surface area is 167 Å². The van der Waals surface area contributed by atoms with Crippen molar-refractivity contribution >= 4 is 15.9 Å². The highest BCUT2D eigenvalue weighted by molar-refractivity contribution is 7.89. The lowest BCUT2D eigenvalue weighted by Crippen LogP contribution is -2.56. The molecule has 3 fully saturated rings. The average molecular weight is 407 g/mol. The Morgan fingerprint density at radius 1 is 1.00 bits per heavy atom. The summed E-state index contributed by atoms with van der Waals surface area (Å²) in [6.45, 7) is 2.04. The predicted molar refractivity (Wildman–Crippen MR) is 106 cm³/mol. The van der Waals surface area contributed by atoms with Crippen LogP contribution in [-0.4, -0.2) is 60.4 Å². The Bertz CT molecular complexity index is 805. The van der Waals surface area contributed by atoms with E-state index >= 15 is 0 Å². The summed E-state index contributed by atoms with van der Waals surface area (Å²) in [6.07, 6.45) is 5.86. The summed E-state index contributed by atoms with van der Waals surface area (Å²) in [5, 5.41) is 10.8. The number of carbonyl (C=O) groups excluding carboxylic acids is 1. The van der Waals surface area contributed by atoms with E-state index in [4.69, 9.17) is 0 Å². The van der Waals surface area contributed by atoms with Gasteiger partial charge in [-0.25, -0.2) is 8.42 Å². The lowest BCUT2D eigenvalue weighted by atomic mass is 9.71. The molecular formula is C21H30N2O4S. The van der Waals surface area contributed by atoms with Crippen molar-refractivity contribution in [2.24, 2.45) is 11.8 Å². The number of benzene rings is 1. The molecule has 0 bridgehead atoms. The van der Waals surface area contributed by atoms with Crippen LogP contribution in [0.3, 0.4) is 0 Å². The van der Waals surface area contributed by atoms with Crippen LogP contribution in [0.15, 0.2) is 35.2 Å². The Morgan fingerprint density at radius 2 is 1.71 bits per heavy atom. The van der Waals surface area contributed by atoms with Gasteiger partial charge >= 0.3 is 0 Å². The largest absolute Gasteiger partial charge is 0.389 e. The van der Waals surface area contributed by atoms with Crippen LogP contribution in [0.1, 0.15) is 44.9 Å². The minimum Gasteiger partial charge on any atom is -0.389 e. The van der Waals surface area contributed by atoms with Crippen molar-refractivity contribution in [3.8, 4) is 0 Å². The van der Waals surface area contributed by atoms with Crippen LogP contribution >= 0.6 is 0 Å². The van der Waals surface area contributed by atoms with Gasteiger partial charge in [-0.2, -0.15) is 4.31 Å². The molecule has 154 valence electrons. The quantitative estimate of drug-likeness (QED) is 0.835. The summed E-state index contributed by atoms with van der Waals surface area (Å²) in [4.78, 5) is 15.3. The molecule has 4 rings (SSSR count). The number of hydrogen-bond donors (Lipinski definition) is 1. The van der Waals surface area contributed by atoms with Crippen LogP contribution < -0.4 is 0 Å². The van der Waals surface area contributed by atoms with E-state index in [2.05, 4.69) is 0 Å². The number of nitrogens with zero attached hydrogens (tertiary/aromatic N) is 2. The van der Waals surface area contributed by atoms with Gasteiger partial charge < -0.3 is 10.0 Å². The normalized spacial score (nSPS) is 30.0. The molecule has 0 aromatic heterocycles. The predicted octanol–water partition coefficient (Wildman–Crippen LogP) is 2.24. The third-order valence-corrected chi connectivity index (χ3v) is 8.84. The number of aliphatic hydroxyl groups is 1. The third-order valence-electron chi connectivity index (χ3n) is 6.92. The van der Waals surface area contributed by atoms with Crippen LogP contribution in [0, 0.1) is 11.8 Å². The number of piperidine rings is 2. The minimum atomic E-state index is -3.48. The molecule has 7 heteroatoms.